The molecule has 2 aromatic carbocycles. The van der Waals surface area contributed by atoms with Gasteiger partial charge in [-0.15, -0.1) is 0 Å². The molecule has 116 valence electrons. The van der Waals surface area contributed by atoms with Crippen LogP contribution in [0.3, 0.4) is 0 Å². The molecule has 4 nitrogen and oxygen atoms in total. The quantitative estimate of drug-likeness (QED) is 0.760. The lowest BCUT2D eigenvalue weighted by atomic mass is 10.0. The second kappa shape index (κ2) is 7.40. The van der Waals surface area contributed by atoms with E-state index in [1.807, 2.05) is 30.3 Å². The molecule has 0 unspecified atom stereocenters. The molecule has 0 saturated heterocycles. The van der Waals surface area contributed by atoms with Crippen LogP contribution in [0.2, 0.25) is 0 Å². The van der Waals surface area contributed by atoms with E-state index in [1.54, 1.807) is 6.20 Å². The molecule has 3 aromatic rings. The van der Waals surface area contributed by atoms with Crippen molar-refractivity contribution in [2.24, 2.45) is 0 Å². The molecule has 3 rings (SSSR count). The van der Waals surface area contributed by atoms with Gasteiger partial charge in [0.1, 0.15) is 0 Å². The highest BCUT2D eigenvalue weighted by molar-refractivity contribution is 5.85. The van der Waals surface area contributed by atoms with Gasteiger partial charge in [-0.2, -0.15) is 0 Å². The molecular formula is C19H19N3O. The number of carbonyl (C=O) groups is 1. The summed E-state index contributed by atoms with van der Waals surface area (Å²) in [6.07, 6.45) is 2.52. The lowest BCUT2D eigenvalue weighted by Crippen LogP contribution is -2.36. The lowest BCUT2D eigenvalue weighted by Gasteiger charge is -2.09. The van der Waals surface area contributed by atoms with Crippen LogP contribution in [0.15, 0.2) is 66.9 Å². The van der Waals surface area contributed by atoms with Crippen LogP contribution in [0, 0.1) is 0 Å². The summed E-state index contributed by atoms with van der Waals surface area (Å²) >= 11 is 0. The molecule has 0 aliphatic carbocycles. The first-order valence-corrected chi connectivity index (χ1v) is 7.71. The summed E-state index contributed by atoms with van der Waals surface area (Å²) in [4.78, 5) is 16.0. The minimum atomic E-state index is -0.170. The van der Waals surface area contributed by atoms with E-state index in [-0.39, 0.29) is 6.03 Å². The summed E-state index contributed by atoms with van der Waals surface area (Å²) in [7, 11) is 0. The van der Waals surface area contributed by atoms with Crippen molar-refractivity contribution < 1.29 is 4.79 Å². The predicted molar refractivity (Wildman–Crippen MR) is 92.1 cm³/mol. The summed E-state index contributed by atoms with van der Waals surface area (Å²) in [6.45, 7) is 1.03. The number of hydrogen-bond acceptors (Lipinski definition) is 2. The minimum Gasteiger partial charge on any atom is -0.338 e. The van der Waals surface area contributed by atoms with Crippen molar-refractivity contribution in [2.45, 2.75) is 13.0 Å². The fraction of sp³-hybridized carbons (Fsp3) is 0.158. The van der Waals surface area contributed by atoms with Crippen molar-refractivity contribution in [2.75, 3.05) is 6.54 Å². The maximum atomic E-state index is 11.8. The molecule has 0 radical (unpaired) electrons. The van der Waals surface area contributed by atoms with Gasteiger partial charge < -0.3 is 10.6 Å². The Bertz CT molecular complexity index is 781. The highest BCUT2D eigenvalue weighted by Gasteiger charge is 2.03. The first-order chi connectivity index (χ1) is 11.3. The van der Waals surface area contributed by atoms with Crippen molar-refractivity contribution in [3.05, 3.63) is 78.1 Å². The lowest BCUT2D eigenvalue weighted by molar-refractivity contribution is 0.240. The molecule has 0 aliphatic heterocycles. The maximum absolute atomic E-state index is 11.8. The third kappa shape index (κ3) is 4.07. The van der Waals surface area contributed by atoms with Gasteiger partial charge in [-0.1, -0.05) is 48.5 Å². The Morgan fingerprint density at radius 2 is 1.74 bits per heavy atom. The third-order valence-electron chi connectivity index (χ3n) is 3.72. The number of hydrogen-bond donors (Lipinski definition) is 2. The number of nitrogens with zero attached hydrogens (tertiary/aromatic N) is 1. The number of benzene rings is 2. The van der Waals surface area contributed by atoms with E-state index in [9.17, 15) is 4.79 Å². The molecule has 4 heteroatoms. The topological polar surface area (TPSA) is 54.0 Å². The number of rotatable bonds is 5. The minimum absolute atomic E-state index is 0.170. The summed E-state index contributed by atoms with van der Waals surface area (Å²) in [5, 5.41) is 8.17. The van der Waals surface area contributed by atoms with Gasteiger partial charge in [0.05, 0.1) is 12.2 Å². The first-order valence-electron chi connectivity index (χ1n) is 7.71. The Morgan fingerprint density at radius 1 is 0.913 bits per heavy atom. The van der Waals surface area contributed by atoms with Crippen LogP contribution < -0.4 is 10.6 Å². The standard InChI is InChI=1S/C19H19N3O/c23-19(22-14-17-9-3-4-12-20-17)21-13-11-16-8-5-7-15-6-1-2-10-18(15)16/h1-10,12H,11,13-14H2,(H2,21,22,23). The maximum Gasteiger partial charge on any atom is 0.315 e. The number of urea groups is 1. The van der Waals surface area contributed by atoms with Crippen molar-refractivity contribution in [3.63, 3.8) is 0 Å². The molecule has 0 saturated carbocycles. The highest BCUT2D eigenvalue weighted by atomic mass is 16.2. The molecular weight excluding hydrogens is 286 g/mol. The van der Waals surface area contributed by atoms with Crippen LogP contribution >= 0.6 is 0 Å². The monoisotopic (exact) mass is 305 g/mol. The van der Waals surface area contributed by atoms with Gasteiger partial charge >= 0.3 is 6.03 Å². The fourth-order valence-electron chi connectivity index (χ4n) is 2.56. The third-order valence-corrected chi connectivity index (χ3v) is 3.72. The Hall–Kier alpha value is -2.88. The summed E-state index contributed by atoms with van der Waals surface area (Å²) in [6, 6.07) is 20.0. The molecule has 0 fully saturated rings. The van der Waals surface area contributed by atoms with Crippen LogP contribution in [-0.4, -0.2) is 17.6 Å². The number of nitrogens with one attached hydrogen (secondary N) is 2. The number of fused-ring (bicyclic) bond motifs is 1. The van der Waals surface area contributed by atoms with E-state index < -0.39 is 0 Å². The van der Waals surface area contributed by atoms with Gasteiger partial charge in [0.15, 0.2) is 0 Å². The predicted octanol–water partition coefficient (Wildman–Crippen LogP) is 3.28. The van der Waals surface area contributed by atoms with E-state index in [0.29, 0.717) is 13.1 Å². The Kier molecular flexibility index (Phi) is 4.84. The van der Waals surface area contributed by atoms with Gasteiger partial charge in [0.25, 0.3) is 0 Å². The van der Waals surface area contributed by atoms with Gasteiger partial charge in [-0.05, 0) is 34.9 Å². The molecule has 23 heavy (non-hydrogen) atoms. The molecule has 0 aliphatic rings. The largest absolute Gasteiger partial charge is 0.338 e. The first kappa shape index (κ1) is 15.0. The second-order valence-electron chi connectivity index (χ2n) is 5.32. The number of aromatic nitrogens is 1. The van der Waals surface area contributed by atoms with Gasteiger partial charge in [0, 0.05) is 12.7 Å². The molecule has 1 aromatic heterocycles. The molecule has 2 amide bonds. The number of pyridine rings is 1. The fourth-order valence-corrected chi connectivity index (χ4v) is 2.56. The van der Waals surface area contributed by atoms with Crippen LogP contribution in [0.1, 0.15) is 11.3 Å². The van der Waals surface area contributed by atoms with Crippen molar-refractivity contribution in [3.8, 4) is 0 Å². The van der Waals surface area contributed by atoms with E-state index >= 15 is 0 Å². The van der Waals surface area contributed by atoms with Gasteiger partial charge in [0.2, 0.25) is 0 Å². The normalized spacial score (nSPS) is 10.4. The Labute approximate surface area is 135 Å². The van der Waals surface area contributed by atoms with Gasteiger partial charge in [-0.25, -0.2) is 4.79 Å². The van der Waals surface area contributed by atoms with Crippen LogP contribution in [-0.2, 0) is 13.0 Å². The van der Waals surface area contributed by atoms with Crippen LogP contribution in [0.25, 0.3) is 10.8 Å². The van der Waals surface area contributed by atoms with Crippen LogP contribution in [0.5, 0.6) is 0 Å². The van der Waals surface area contributed by atoms with Crippen LogP contribution in [0.4, 0.5) is 4.79 Å². The van der Waals surface area contributed by atoms with E-state index in [0.717, 1.165) is 12.1 Å². The summed E-state index contributed by atoms with van der Waals surface area (Å²) in [5.41, 5.74) is 2.09. The zero-order chi connectivity index (χ0) is 15.9. The van der Waals surface area contributed by atoms with Crippen molar-refractivity contribution >= 4 is 16.8 Å². The van der Waals surface area contributed by atoms with E-state index in [2.05, 4.69) is 45.9 Å². The van der Waals surface area contributed by atoms with Crippen molar-refractivity contribution in [1.82, 2.24) is 15.6 Å². The van der Waals surface area contributed by atoms with Gasteiger partial charge in [-0.3, -0.25) is 4.98 Å². The zero-order valence-corrected chi connectivity index (χ0v) is 12.8. The molecule has 0 spiro atoms. The zero-order valence-electron chi connectivity index (χ0n) is 12.8. The molecule has 0 bridgehead atoms. The smallest absolute Gasteiger partial charge is 0.315 e. The molecule has 0 atom stereocenters. The highest BCUT2D eigenvalue weighted by Crippen LogP contribution is 2.18. The van der Waals surface area contributed by atoms with E-state index in [1.165, 1.54) is 16.3 Å². The summed E-state index contributed by atoms with van der Waals surface area (Å²) < 4.78 is 0. The number of amides is 2. The molecule has 2 N–H and O–H groups in total. The average molecular weight is 305 g/mol. The second-order valence-corrected chi connectivity index (χ2v) is 5.32. The molecule has 1 heterocycles. The average Bonchev–Trinajstić information content (AvgIpc) is 2.61. The summed E-state index contributed by atoms with van der Waals surface area (Å²) in [5.74, 6) is 0. The Balaban J connectivity index is 1.50. The van der Waals surface area contributed by atoms with Crippen molar-refractivity contribution in [1.29, 1.82) is 0 Å². The number of carbonyl (C=O) groups excluding carboxylic acids is 1. The Morgan fingerprint density at radius 3 is 2.61 bits per heavy atom. The SMILES string of the molecule is O=C(NCCc1cccc2ccccc12)NCc1ccccn1. The van der Waals surface area contributed by atoms with E-state index in [4.69, 9.17) is 0 Å².